The monoisotopic (exact) mass is 281 g/mol. The first-order valence-electron chi connectivity index (χ1n) is 6.48. The van der Waals surface area contributed by atoms with E-state index in [1.807, 2.05) is 48.7 Å². The maximum atomic E-state index is 5.30. The normalized spacial score (nSPS) is 10.4. The van der Waals surface area contributed by atoms with Crippen LogP contribution in [0.4, 0.5) is 5.69 Å². The number of H-pyrrole nitrogens is 1. The number of fused-ring (bicyclic) bond motifs is 1. The predicted octanol–water partition coefficient (Wildman–Crippen LogP) is 3.65. The lowest BCUT2D eigenvalue weighted by Gasteiger charge is -2.09. The van der Waals surface area contributed by atoms with Crippen LogP contribution < -0.4 is 10.6 Å². The van der Waals surface area contributed by atoms with Gasteiger partial charge in [-0.25, -0.2) is 0 Å². The second kappa shape index (κ2) is 5.75. The first-order chi connectivity index (χ1) is 9.83. The van der Waals surface area contributed by atoms with Crippen LogP contribution in [0.3, 0.4) is 0 Å². The van der Waals surface area contributed by atoms with Gasteiger partial charge in [-0.2, -0.15) is 0 Å². The molecule has 3 rings (SSSR count). The van der Waals surface area contributed by atoms with E-state index < -0.39 is 0 Å². The third-order valence-corrected chi connectivity index (χ3v) is 3.39. The third-order valence-electron chi connectivity index (χ3n) is 3.15. The summed E-state index contributed by atoms with van der Waals surface area (Å²) in [7, 11) is 0. The Labute approximate surface area is 123 Å². The lowest BCUT2D eigenvalue weighted by atomic mass is 10.2. The summed E-state index contributed by atoms with van der Waals surface area (Å²) in [6, 6.07) is 18.1. The molecular weight excluding hydrogens is 266 g/mol. The number of para-hydroxylation sites is 2. The van der Waals surface area contributed by atoms with E-state index in [-0.39, 0.29) is 0 Å². The molecule has 4 heteroatoms. The minimum Gasteiger partial charge on any atom is -0.361 e. The number of anilines is 1. The smallest absolute Gasteiger partial charge is 0.171 e. The average molecular weight is 281 g/mol. The summed E-state index contributed by atoms with van der Waals surface area (Å²) in [6.45, 7) is 0.697. The van der Waals surface area contributed by atoms with Crippen LogP contribution in [-0.2, 0) is 6.54 Å². The summed E-state index contributed by atoms with van der Waals surface area (Å²) < 4.78 is 0. The van der Waals surface area contributed by atoms with Crippen molar-refractivity contribution in [2.45, 2.75) is 6.54 Å². The molecule has 0 radical (unpaired) electrons. The van der Waals surface area contributed by atoms with Crippen LogP contribution in [0.15, 0.2) is 60.8 Å². The molecule has 3 nitrogen and oxygen atoms in total. The van der Waals surface area contributed by atoms with Crippen molar-refractivity contribution in [3.63, 3.8) is 0 Å². The van der Waals surface area contributed by atoms with E-state index in [9.17, 15) is 0 Å². The van der Waals surface area contributed by atoms with Gasteiger partial charge in [-0.3, -0.25) is 0 Å². The van der Waals surface area contributed by atoms with E-state index in [1.165, 1.54) is 10.9 Å². The summed E-state index contributed by atoms with van der Waals surface area (Å²) >= 11 is 5.30. The zero-order chi connectivity index (χ0) is 13.8. The lowest BCUT2D eigenvalue weighted by Crippen LogP contribution is -2.27. The Bertz CT molecular complexity index is 719. The molecule has 0 bridgehead atoms. The van der Waals surface area contributed by atoms with Crippen molar-refractivity contribution in [1.82, 2.24) is 10.3 Å². The van der Waals surface area contributed by atoms with E-state index in [1.54, 1.807) is 0 Å². The van der Waals surface area contributed by atoms with Crippen molar-refractivity contribution in [2.75, 3.05) is 5.32 Å². The highest BCUT2D eigenvalue weighted by molar-refractivity contribution is 7.80. The van der Waals surface area contributed by atoms with Gasteiger partial charge in [0.2, 0.25) is 0 Å². The van der Waals surface area contributed by atoms with E-state index in [2.05, 4.69) is 27.8 Å². The van der Waals surface area contributed by atoms with Crippen LogP contribution in [0.2, 0.25) is 0 Å². The Balaban J connectivity index is 1.63. The van der Waals surface area contributed by atoms with Gasteiger partial charge in [0.05, 0.1) is 0 Å². The molecule has 100 valence electrons. The van der Waals surface area contributed by atoms with E-state index in [0.29, 0.717) is 11.7 Å². The van der Waals surface area contributed by atoms with Gasteiger partial charge in [0, 0.05) is 29.3 Å². The molecule has 0 aliphatic carbocycles. The quantitative estimate of drug-likeness (QED) is 0.642. The van der Waals surface area contributed by atoms with Crippen molar-refractivity contribution in [3.05, 3.63) is 66.4 Å². The van der Waals surface area contributed by atoms with Gasteiger partial charge < -0.3 is 15.6 Å². The highest BCUT2D eigenvalue weighted by Crippen LogP contribution is 2.17. The highest BCUT2D eigenvalue weighted by Gasteiger charge is 2.03. The molecule has 0 spiro atoms. The molecule has 1 heterocycles. The minimum absolute atomic E-state index is 0.626. The van der Waals surface area contributed by atoms with Gasteiger partial charge in [-0.15, -0.1) is 0 Å². The molecule has 1 aromatic heterocycles. The predicted molar refractivity (Wildman–Crippen MR) is 87.8 cm³/mol. The molecular formula is C16H15N3S. The standard InChI is InChI=1S/C16H15N3S/c20-16(19-13-6-2-1-3-7-13)18-11-12-10-17-15-9-5-4-8-14(12)15/h1-10,17H,11H2,(H2,18,19,20). The Kier molecular flexibility index (Phi) is 3.65. The molecule has 3 aromatic rings. The summed E-state index contributed by atoms with van der Waals surface area (Å²) in [5, 5.41) is 8.24. The Hall–Kier alpha value is -2.33. The number of thiocarbonyl (C=S) groups is 1. The van der Waals surface area contributed by atoms with Crippen LogP contribution in [0.5, 0.6) is 0 Å². The van der Waals surface area contributed by atoms with Gasteiger partial charge >= 0.3 is 0 Å². The van der Waals surface area contributed by atoms with Crippen molar-refractivity contribution in [3.8, 4) is 0 Å². The van der Waals surface area contributed by atoms with Crippen LogP contribution in [-0.4, -0.2) is 10.1 Å². The summed E-state index contributed by atoms with van der Waals surface area (Å²) in [5.74, 6) is 0. The topological polar surface area (TPSA) is 39.9 Å². The Morgan fingerprint density at radius 1 is 1.00 bits per heavy atom. The fourth-order valence-electron chi connectivity index (χ4n) is 2.15. The van der Waals surface area contributed by atoms with E-state index in [0.717, 1.165) is 11.2 Å². The number of hydrogen-bond donors (Lipinski definition) is 3. The summed E-state index contributed by atoms with van der Waals surface area (Å²) in [6.07, 6.45) is 2.02. The largest absolute Gasteiger partial charge is 0.361 e. The summed E-state index contributed by atoms with van der Waals surface area (Å²) in [4.78, 5) is 3.26. The highest BCUT2D eigenvalue weighted by atomic mass is 32.1. The molecule has 20 heavy (non-hydrogen) atoms. The SMILES string of the molecule is S=C(NCc1c[nH]c2ccccc12)Nc1ccccc1. The third kappa shape index (κ3) is 2.81. The molecule has 0 unspecified atom stereocenters. The Morgan fingerprint density at radius 2 is 1.75 bits per heavy atom. The van der Waals surface area contributed by atoms with Gasteiger partial charge in [0.1, 0.15) is 0 Å². The maximum absolute atomic E-state index is 5.30. The molecule has 3 N–H and O–H groups in total. The van der Waals surface area contributed by atoms with Gasteiger partial charge in [-0.05, 0) is 36.0 Å². The van der Waals surface area contributed by atoms with Gasteiger partial charge in [0.15, 0.2) is 5.11 Å². The fourth-order valence-corrected chi connectivity index (χ4v) is 2.34. The molecule has 0 saturated carbocycles. The number of hydrogen-bond acceptors (Lipinski definition) is 1. The molecule has 0 aliphatic rings. The molecule has 0 saturated heterocycles. The Morgan fingerprint density at radius 3 is 2.60 bits per heavy atom. The number of benzene rings is 2. The fraction of sp³-hybridized carbons (Fsp3) is 0.0625. The average Bonchev–Trinajstić information content (AvgIpc) is 2.89. The summed E-state index contributed by atoms with van der Waals surface area (Å²) in [5.41, 5.74) is 3.34. The van der Waals surface area contributed by atoms with Crippen molar-refractivity contribution in [2.24, 2.45) is 0 Å². The zero-order valence-corrected chi connectivity index (χ0v) is 11.7. The second-order valence-electron chi connectivity index (χ2n) is 4.53. The molecule has 0 fully saturated rings. The number of aromatic nitrogens is 1. The number of rotatable bonds is 3. The molecule has 2 aromatic carbocycles. The van der Waals surface area contributed by atoms with Crippen molar-refractivity contribution in [1.29, 1.82) is 0 Å². The van der Waals surface area contributed by atoms with Crippen LogP contribution in [0.1, 0.15) is 5.56 Å². The maximum Gasteiger partial charge on any atom is 0.171 e. The van der Waals surface area contributed by atoms with Crippen molar-refractivity contribution < 1.29 is 0 Å². The number of aromatic amines is 1. The van der Waals surface area contributed by atoms with Crippen LogP contribution in [0, 0.1) is 0 Å². The first-order valence-corrected chi connectivity index (χ1v) is 6.88. The molecule has 0 amide bonds. The second-order valence-corrected chi connectivity index (χ2v) is 4.94. The van der Waals surface area contributed by atoms with Crippen molar-refractivity contribution >= 4 is 33.9 Å². The van der Waals surface area contributed by atoms with E-state index >= 15 is 0 Å². The van der Waals surface area contributed by atoms with E-state index in [4.69, 9.17) is 12.2 Å². The number of nitrogens with one attached hydrogen (secondary N) is 3. The minimum atomic E-state index is 0.626. The first kappa shape index (κ1) is 12.7. The zero-order valence-electron chi connectivity index (χ0n) is 10.9. The van der Waals surface area contributed by atoms with Crippen LogP contribution >= 0.6 is 12.2 Å². The lowest BCUT2D eigenvalue weighted by molar-refractivity contribution is 0.934. The molecule has 0 atom stereocenters. The van der Waals surface area contributed by atoms with Gasteiger partial charge in [-0.1, -0.05) is 36.4 Å². The van der Waals surface area contributed by atoms with Gasteiger partial charge in [0.25, 0.3) is 0 Å². The van der Waals surface area contributed by atoms with Crippen LogP contribution in [0.25, 0.3) is 10.9 Å². The molecule has 0 aliphatic heterocycles.